The van der Waals surface area contributed by atoms with Gasteiger partial charge in [-0.15, -0.1) is 0 Å². The van der Waals surface area contributed by atoms with Crippen LogP contribution in [0.1, 0.15) is 6.92 Å². The van der Waals surface area contributed by atoms with Crippen molar-refractivity contribution in [3.8, 4) is 0 Å². The van der Waals surface area contributed by atoms with E-state index in [1.807, 2.05) is 0 Å². The molecule has 16 heavy (non-hydrogen) atoms. The van der Waals surface area contributed by atoms with E-state index in [0.717, 1.165) is 0 Å². The number of morpholine rings is 1. The molecule has 0 aliphatic carbocycles. The van der Waals surface area contributed by atoms with Crippen molar-refractivity contribution in [1.29, 1.82) is 0 Å². The van der Waals surface area contributed by atoms with Crippen LogP contribution in [0.5, 0.6) is 0 Å². The average molecular weight is 247 g/mol. The molecule has 6 nitrogen and oxygen atoms in total. The van der Waals surface area contributed by atoms with Crippen molar-refractivity contribution in [3.63, 3.8) is 0 Å². The molecule has 0 saturated carbocycles. The lowest BCUT2D eigenvalue weighted by molar-refractivity contribution is -0.132. The largest absolute Gasteiger partial charge is 0.379 e. The van der Waals surface area contributed by atoms with Gasteiger partial charge in [0.25, 0.3) is 5.91 Å². The van der Waals surface area contributed by atoms with Gasteiger partial charge < -0.3 is 10.1 Å². The van der Waals surface area contributed by atoms with E-state index in [1.54, 1.807) is 5.01 Å². The Kier molecular flexibility index (Phi) is 5.58. The van der Waals surface area contributed by atoms with Crippen molar-refractivity contribution in [2.75, 3.05) is 32.1 Å². The quantitative estimate of drug-likeness (QED) is 0.545. The van der Waals surface area contributed by atoms with Crippen LogP contribution in [-0.2, 0) is 14.3 Å². The van der Waals surface area contributed by atoms with E-state index in [2.05, 4.69) is 23.4 Å². The second-order valence-corrected chi connectivity index (χ2v) is 3.88. The number of ether oxygens (including phenoxy) is 1. The van der Waals surface area contributed by atoms with Gasteiger partial charge in [-0.3, -0.25) is 15.0 Å². The Morgan fingerprint density at radius 1 is 1.44 bits per heavy atom. The maximum Gasteiger partial charge on any atom is 0.257 e. The topological polar surface area (TPSA) is 70.7 Å². The molecule has 1 heterocycles. The van der Waals surface area contributed by atoms with Gasteiger partial charge in [0.2, 0.25) is 5.91 Å². The Labute approximate surface area is 100 Å². The molecule has 1 unspecified atom stereocenters. The number of rotatable bonds is 4. The van der Waals surface area contributed by atoms with Crippen LogP contribution in [0.15, 0.2) is 0 Å². The highest BCUT2D eigenvalue weighted by atomic mass is 32.1. The van der Waals surface area contributed by atoms with Crippen molar-refractivity contribution in [3.05, 3.63) is 0 Å². The van der Waals surface area contributed by atoms with E-state index in [4.69, 9.17) is 4.74 Å². The van der Waals surface area contributed by atoms with E-state index in [9.17, 15) is 9.59 Å². The molecule has 2 N–H and O–H groups in total. The smallest absolute Gasteiger partial charge is 0.257 e. The van der Waals surface area contributed by atoms with Gasteiger partial charge in [-0.1, -0.05) is 0 Å². The van der Waals surface area contributed by atoms with E-state index in [1.165, 1.54) is 6.92 Å². The predicted octanol–water partition coefficient (Wildman–Crippen LogP) is -1.22. The van der Waals surface area contributed by atoms with Gasteiger partial charge in [0.05, 0.1) is 13.2 Å². The van der Waals surface area contributed by atoms with Gasteiger partial charge in [0.15, 0.2) is 0 Å². The Bertz CT molecular complexity index is 256. The molecule has 0 aromatic carbocycles. The molecule has 0 bridgehead atoms. The summed E-state index contributed by atoms with van der Waals surface area (Å²) in [6.07, 6.45) is 0. The summed E-state index contributed by atoms with van der Waals surface area (Å²) in [7, 11) is 0. The number of carbonyl (C=O) groups excluding carboxylic acids is 2. The first-order valence-corrected chi connectivity index (χ1v) is 5.78. The molecule has 0 spiro atoms. The highest BCUT2D eigenvalue weighted by Gasteiger charge is 2.20. The minimum atomic E-state index is -0.594. The van der Waals surface area contributed by atoms with Crippen LogP contribution in [-0.4, -0.2) is 54.9 Å². The molecule has 0 aromatic rings. The van der Waals surface area contributed by atoms with Gasteiger partial charge in [-0.2, -0.15) is 12.6 Å². The molecule has 1 fully saturated rings. The van der Waals surface area contributed by atoms with Crippen LogP contribution in [0.3, 0.4) is 0 Å². The fourth-order valence-electron chi connectivity index (χ4n) is 1.35. The fraction of sp³-hybridized carbons (Fsp3) is 0.778. The van der Waals surface area contributed by atoms with Crippen LogP contribution in [0.25, 0.3) is 0 Å². The Balaban J connectivity index is 2.38. The normalized spacial score (nSPS) is 18.9. The maximum absolute atomic E-state index is 11.7. The second-order valence-electron chi connectivity index (χ2n) is 3.51. The zero-order valence-corrected chi connectivity index (χ0v) is 10.1. The van der Waals surface area contributed by atoms with Crippen LogP contribution in [0.2, 0.25) is 0 Å². The number of nitrogens with one attached hydrogen (secondary N) is 2. The summed E-state index contributed by atoms with van der Waals surface area (Å²) >= 11 is 4.03. The van der Waals surface area contributed by atoms with Gasteiger partial charge in [0.1, 0.15) is 6.04 Å². The van der Waals surface area contributed by atoms with Gasteiger partial charge in [-0.25, -0.2) is 5.01 Å². The number of amides is 2. The van der Waals surface area contributed by atoms with Crippen LogP contribution < -0.4 is 10.7 Å². The molecule has 2 amide bonds. The highest BCUT2D eigenvalue weighted by Crippen LogP contribution is 1.95. The highest BCUT2D eigenvalue weighted by molar-refractivity contribution is 7.80. The van der Waals surface area contributed by atoms with Crippen molar-refractivity contribution in [2.45, 2.75) is 13.0 Å². The minimum Gasteiger partial charge on any atom is -0.379 e. The van der Waals surface area contributed by atoms with Crippen LogP contribution in [0, 0.1) is 0 Å². The first-order chi connectivity index (χ1) is 7.63. The molecule has 7 heteroatoms. The number of thiol groups is 1. The van der Waals surface area contributed by atoms with Crippen molar-refractivity contribution in [2.24, 2.45) is 0 Å². The number of hydrazine groups is 1. The lowest BCUT2D eigenvalue weighted by Crippen LogP contribution is -2.55. The molecule has 1 atom stereocenters. The summed E-state index contributed by atoms with van der Waals surface area (Å²) in [5, 5.41) is 4.32. The summed E-state index contributed by atoms with van der Waals surface area (Å²) in [4.78, 5) is 22.6. The minimum absolute atomic E-state index is 0.240. The Morgan fingerprint density at radius 2 is 2.06 bits per heavy atom. The van der Waals surface area contributed by atoms with Crippen molar-refractivity contribution in [1.82, 2.24) is 15.8 Å². The van der Waals surface area contributed by atoms with E-state index in [-0.39, 0.29) is 17.6 Å². The second kappa shape index (κ2) is 6.72. The third-order valence-corrected chi connectivity index (χ3v) is 2.52. The summed E-state index contributed by atoms with van der Waals surface area (Å²) in [6.45, 7) is 3.90. The van der Waals surface area contributed by atoms with Crippen molar-refractivity contribution < 1.29 is 14.3 Å². The molecule has 92 valence electrons. The first-order valence-electron chi connectivity index (χ1n) is 5.14. The number of carbonyl (C=O) groups is 2. The predicted molar refractivity (Wildman–Crippen MR) is 62.0 cm³/mol. The SMILES string of the molecule is CC(=O)NC(CS)C(=O)NN1CCOCC1. The molecule has 0 radical (unpaired) electrons. The summed E-state index contributed by atoms with van der Waals surface area (Å²) in [5.74, 6) is -0.210. The zero-order valence-electron chi connectivity index (χ0n) is 9.23. The zero-order chi connectivity index (χ0) is 12.0. The van der Waals surface area contributed by atoms with Gasteiger partial charge >= 0.3 is 0 Å². The monoisotopic (exact) mass is 247 g/mol. The lowest BCUT2D eigenvalue weighted by Gasteiger charge is -2.28. The molecule has 1 rings (SSSR count). The van der Waals surface area contributed by atoms with Crippen LogP contribution in [0.4, 0.5) is 0 Å². The molecular formula is C9H17N3O3S. The molecule has 0 aromatic heterocycles. The molecular weight excluding hydrogens is 230 g/mol. The molecule has 1 aliphatic rings. The number of hydrogen-bond acceptors (Lipinski definition) is 5. The Hall–Kier alpha value is -0.790. The van der Waals surface area contributed by atoms with E-state index in [0.29, 0.717) is 26.3 Å². The molecule has 1 aliphatic heterocycles. The number of hydrogen-bond donors (Lipinski definition) is 3. The summed E-state index contributed by atoms with van der Waals surface area (Å²) in [6, 6.07) is -0.594. The van der Waals surface area contributed by atoms with Crippen molar-refractivity contribution >= 4 is 24.4 Å². The third-order valence-electron chi connectivity index (χ3n) is 2.16. The third kappa shape index (κ3) is 4.38. The number of nitrogens with zero attached hydrogens (tertiary/aromatic N) is 1. The van der Waals surface area contributed by atoms with Gasteiger partial charge in [-0.05, 0) is 0 Å². The average Bonchev–Trinajstić information content (AvgIpc) is 2.26. The maximum atomic E-state index is 11.7. The summed E-state index contributed by atoms with van der Waals surface area (Å²) < 4.78 is 5.15. The standard InChI is InChI=1S/C9H17N3O3S/c1-7(13)10-8(6-16)9(14)11-12-2-4-15-5-3-12/h8,16H,2-6H2,1H3,(H,10,13)(H,11,14). The lowest BCUT2D eigenvalue weighted by atomic mass is 10.3. The van der Waals surface area contributed by atoms with E-state index >= 15 is 0 Å². The van der Waals surface area contributed by atoms with Crippen LogP contribution >= 0.6 is 12.6 Å². The molecule has 1 saturated heterocycles. The van der Waals surface area contributed by atoms with Gasteiger partial charge in [0, 0.05) is 25.8 Å². The fourth-order valence-corrected chi connectivity index (χ4v) is 1.61. The first kappa shape index (κ1) is 13.3. The Morgan fingerprint density at radius 3 is 2.56 bits per heavy atom. The van der Waals surface area contributed by atoms with E-state index < -0.39 is 6.04 Å². The summed E-state index contributed by atoms with van der Waals surface area (Å²) in [5.41, 5.74) is 2.73.